The number of aldehydes is 1. The predicted molar refractivity (Wildman–Crippen MR) is 90.5 cm³/mol. The molecule has 4 heteroatoms. The van der Waals surface area contributed by atoms with Gasteiger partial charge in [0.2, 0.25) is 0 Å². The van der Waals surface area contributed by atoms with E-state index in [0.717, 1.165) is 6.29 Å². The molecule has 1 aromatic heterocycles. The van der Waals surface area contributed by atoms with Crippen molar-refractivity contribution < 1.29 is 18.7 Å². The molecule has 0 atom stereocenters. The maximum atomic E-state index is 9.62. The van der Waals surface area contributed by atoms with Crippen molar-refractivity contribution in [3.8, 4) is 0 Å². The molecule has 0 N–H and O–H groups in total. The molecule has 0 radical (unpaired) electrons. The zero-order chi connectivity index (χ0) is 17.2. The normalized spacial score (nSPS) is 10.8. The molecule has 1 heterocycles. The first-order valence-electron chi connectivity index (χ1n) is 7.30. The molecular formula is C18H30O4. The summed E-state index contributed by atoms with van der Waals surface area (Å²) in [7, 11) is 3.25. The van der Waals surface area contributed by atoms with Crippen LogP contribution >= 0.6 is 0 Å². The number of hydrogen-bond acceptors (Lipinski definition) is 4. The smallest absolute Gasteiger partial charge is 0.176 e. The highest BCUT2D eigenvalue weighted by Gasteiger charge is 1.96. The van der Waals surface area contributed by atoms with Crippen molar-refractivity contribution in [3.63, 3.8) is 0 Å². The Kier molecular flexibility index (Phi) is 17.9. The third-order valence-electron chi connectivity index (χ3n) is 2.12. The fourth-order valence-corrected chi connectivity index (χ4v) is 1.06. The molecule has 0 aliphatic rings. The van der Waals surface area contributed by atoms with Crippen LogP contribution in [0, 0.1) is 11.8 Å². The first-order chi connectivity index (χ1) is 10.5. The second kappa shape index (κ2) is 17.4. The number of rotatable bonds is 6. The van der Waals surface area contributed by atoms with Gasteiger partial charge in [0.05, 0.1) is 12.5 Å². The molecule has 0 aliphatic heterocycles. The van der Waals surface area contributed by atoms with Crippen LogP contribution in [0.25, 0.3) is 0 Å². The first-order valence-corrected chi connectivity index (χ1v) is 7.30. The number of hydrogen-bond donors (Lipinski definition) is 0. The summed E-state index contributed by atoms with van der Waals surface area (Å²) in [6, 6.07) is 3.67. The maximum absolute atomic E-state index is 9.62. The Labute approximate surface area is 134 Å². The molecule has 126 valence electrons. The Hall–Kier alpha value is -1.65. The van der Waals surface area contributed by atoms with E-state index < -0.39 is 0 Å². The standard InChI is InChI=1S/C8H16O2.C6H10O.C4H4O/c1-7(2)5-6-8(9-3)10-4;1-6(2)4-3-5-7;1-2-4-5-3-1/h5-8H,1-4H3;3-6H,1-2H3;1-4H/b6-5+;4-3+;. The molecule has 4 nitrogen and oxygen atoms in total. The van der Waals surface area contributed by atoms with Crippen LogP contribution in [0.4, 0.5) is 0 Å². The van der Waals surface area contributed by atoms with Crippen LogP contribution in [0.5, 0.6) is 0 Å². The van der Waals surface area contributed by atoms with E-state index in [1.165, 1.54) is 6.08 Å². The number of carbonyl (C=O) groups is 1. The molecule has 22 heavy (non-hydrogen) atoms. The minimum Gasteiger partial charge on any atom is -0.473 e. The van der Waals surface area contributed by atoms with Crippen molar-refractivity contribution in [3.05, 3.63) is 49.0 Å². The van der Waals surface area contributed by atoms with E-state index in [1.807, 2.05) is 38.1 Å². The molecule has 0 saturated heterocycles. The van der Waals surface area contributed by atoms with E-state index in [4.69, 9.17) is 9.47 Å². The number of carbonyl (C=O) groups excluding carboxylic acids is 1. The van der Waals surface area contributed by atoms with Crippen LogP contribution in [0.15, 0.2) is 53.4 Å². The summed E-state index contributed by atoms with van der Waals surface area (Å²) in [4.78, 5) is 9.62. The van der Waals surface area contributed by atoms with Gasteiger partial charge in [-0.05, 0) is 36.1 Å². The first kappa shape index (κ1) is 22.6. The van der Waals surface area contributed by atoms with E-state index in [9.17, 15) is 4.79 Å². The molecule has 1 rings (SSSR count). The SMILES string of the molecule is CC(C)/C=C/C=O.COC(/C=C/C(C)C)OC.c1ccoc1. The molecule has 0 fully saturated rings. The molecule has 0 aliphatic carbocycles. The second-order valence-electron chi connectivity index (χ2n) is 5.03. The van der Waals surface area contributed by atoms with E-state index in [0.29, 0.717) is 11.8 Å². The van der Waals surface area contributed by atoms with Crippen LogP contribution in [-0.4, -0.2) is 26.8 Å². The summed E-state index contributed by atoms with van der Waals surface area (Å²) in [5.74, 6) is 1.04. The summed E-state index contributed by atoms with van der Waals surface area (Å²) in [5.41, 5.74) is 0. The topological polar surface area (TPSA) is 48.7 Å². The lowest BCUT2D eigenvalue weighted by atomic mass is 10.2. The Morgan fingerprint density at radius 2 is 1.36 bits per heavy atom. The van der Waals surface area contributed by atoms with Gasteiger partial charge in [-0.2, -0.15) is 0 Å². The van der Waals surface area contributed by atoms with E-state index in [-0.39, 0.29) is 6.29 Å². The third kappa shape index (κ3) is 20.7. The molecule has 0 spiro atoms. The predicted octanol–water partition coefficient (Wildman–Crippen LogP) is 4.49. The van der Waals surface area contributed by atoms with E-state index in [2.05, 4.69) is 24.3 Å². The second-order valence-corrected chi connectivity index (χ2v) is 5.03. The Morgan fingerprint density at radius 1 is 0.864 bits per heavy atom. The van der Waals surface area contributed by atoms with Crippen LogP contribution < -0.4 is 0 Å². The van der Waals surface area contributed by atoms with E-state index >= 15 is 0 Å². The largest absolute Gasteiger partial charge is 0.473 e. The molecule has 0 amide bonds. The molecular weight excluding hydrogens is 280 g/mol. The van der Waals surface area contributed by atoms with Gasteiger partial charge in [0.25, 0.3) is 0 Å². The van der Waals surface area contributed by atoms with Crippen LogP contribution in [-0.2, 0) is 14.3 Å². The summed E-state index contributed by atoms with van der Waals surface area (Å²) in [6.07, 6.45) is 11.2. The van der Waals surface area contributed by atoms with Gasteiger partial charge < -0.3 is 13.9 Å². The van der Waals surface area contributed by atoms with Crippen molar-refractivity contribution in [1.82, 2.24) is 0 Å². The van der Waals surface area contributed by atoms with Gasteiger partial charge in [0.15, 0.2) is 6.29 Å². The summed E-state index contributed by atoms with van der Waals surface area (Å²) < 4.78 is 14.5. The molecule has 0 saturated carbocycles. The minimum atomic E-state index is -0.192. The summed E-state index contributed by atoms with van der Waals surface area (Å²) in [5, 5.41) is 0. The number of allylic oxidation sites excluding steroid dienone is 3. The molecule has 0 unspecified atom stereocenters. The lowest BCUT2D eigenvalue weighted by Crippen LogP contribution is -2.08. The van der Waals surface area contributed by atoms with Gasteiger partial charge in [-0.3, -0.25) is 4.79 Å². The van der Waals surface area contributed by atoms with Crippen molar-refractivity contribution in [2.75, 3.05) is 14.2 Å². The lowest BCUT2D eigenvalue weighted by molar-refractivity contribution is -0.104. The highest BCUT2D eigenvalue weighted by Crippen LogP contribution is 1.98. The monoisotopic (exact) mass is 310 g/mol. The van der Waals surface area contributed by atoms with Crippen LogP contribution in [0.2, 0.25) is 0 Å². The van der Waals surface area contributed by atoms with Crippen molar-refractivity contribution in [2.45, 2.75) is 34.0 Å². The van der Waals surface area contributed by atoms with Crippen molar-refractivity contribution >= 4 is 6.29 Å². The fourth-order valence-electron chi connectivity index (χ4n) is 1.06. The zero-order valence-electron chi connectivity index (χ0n) is 14.6. The van der Waals surface area contributed by atoms with Gasteiger partial charge in [0.1, 0.15) is 6.29 Å². The van der Waals surface area contributed by atoms with Gasteiger partial charge in [-0.1, -0.05) is 39.8 Å². The minimum absolute atomic E-state index is 0.192. The zero-order valence-corrected chi connectivity index (χ0v) is 14.6. The maximum Gasteiger partial charge on any atom is 0.176 e. The fraction of sp³-hybridized carbons (Fsp3) is 0.500. The Bertz CT molecular complexity index is 343. The van der Waals surface area contributed by atoms with Gasteiger partial charge in [0, 0.05) is 14.2 Å². The highest BCUT2D eigenvalue weighted by atomic mass is 16.7. The third-order valence-corrected chi connectivity index (χ3v) is 2.12. The average molecular weight is 310 g/mol. The Balaban J connectivity index is 0. The quantitative estimate of drug-likeness (QED) is 0.336. The summed E-state index contributed by atoms with van der Waals surface area (Å²) in [6.45, 7) is 8.28. The number of furan rings is 1. The van der Waals surface area contributed by atoms with Gasteiger partial charge >= 0.3 is 0 Å². The molecule has 0 bridgehead atoms. The number of ether oxygens (including phenoxy) is 2. The highest BCUT2D eigenvalue weighted by molar-refractivity contribution is 5.64. The summed E-state index contributed by atoms with van der Waals surface area (Å²) >= 11 is 0. The van der Waals surface area contributed by atoms with Crippen molar-refractivity contribution in [2.24, 2.45) is 11.8 Å². The van der Waals surface area contributed by atoms with Crippen LogP contribution in [0.1, 0.15) is 27.7 Å². The van der Waals surface area contributed by atoms with E-state index in [1.54, 1.807) is 26.7 Å². The number of methoxy groups -OCH3 is 2. The van der Waals surface area contributed by atoms with Crippen molar-refractivity contribution in [1.29, 1.82) is 0 Å². The Morgan fingerprint density at radius 3 is 1.59 bits per heavy atom. The average Bonchev–Trinajstić information content (AvgIpc) is 3.06. The lowest BCUT2D eigenvalue weighted by Gasteiger charge is -2.07. The molecule has 0 aromatic carbocycles. The van der Waals surface area contributed by atoms with Crippen LogP contribution in [0.3, 0.4) is 0 Å². The van der Waals surface area contributed by atoms with Gasteiger partial charge in [-0.15, -0.1) is 0 Å². The molecule has 1 aromatic rings. The van der Waals surface area contributed by atoms with Gasteiger partial charge in [-0.25, -0.2) is 0 Å².